The molecule has 0 radical (unpaired) electrons. The summed E-state index contributed by atoms with van der Waals surface area (Å²) in [6, 6.07) is 2.63. The topological polar surface area (TPSA) is 156 Å². The van der Waals surface area contributed by atoms with E-state index in [1.165, 1.54) is 31.1 Å². The summed E-state index contributed by atoms with van der Waals surface area (Å²) < 4.78 is 29.2. The average Bonchev–Trinajstić information content (AvgIpc) is 3.80. The number of methoxy groups -OCH3 is 2. The van der Waals surface area contributed by atoms with Crippen LogP contribution in [-0.4, -0.2) is 116 Å². The monoisotopic (exact) mass is 783 g/mol. The molecule has 1 aromatic rings. The Morgan fingerprint density at radius 2 is 1.98 bits per heavy atom. The molecule has 0 saturated carbocycles. The maximum Gasteiger partial charge on any atom is 0.409 e. The number of nitrogens with one attached hydrogen (secondary N) is 1. The molecule has 0 unspecified atom stereocenters. The molecule has 3 heterocycles. The van der Waals surface area contributed by atoms with Crippen LogP contribution in [0, 0.1) is 5.92 Å². The van der Waals surface area contributed by atoms with Crippen LogP contribution in [-0.2, 0) is 39.8 Å². The number of hydrogen-bond acceptors (Lipinski definition) is 12. The summed E-state index contributed by atoms with van der Waals surface area (Å²) in [5.74, 6) is -0.916. The van der Waals surface area contributed by atoms with Gasteiger partial charge < -0.3 is 38.6 Å². The fourth-order valence-corrected chi connectivity index (χ4v) is 8.09. The lowest BCUT2D eigenvalue weighted by molar-refractivity contribution is -0.161. The van der Waals surface area contributed by atoms with Crippen LogP contribution < -0.4 is 15.0 Å². The first-order valence-corrected chi connectivity index (χ1v) is 20.1. The Balaban J connectivity index is 1.74. The molecule has 52 heavy (non-hydrogen) atoms. The van der Waals surface area contributed by atoms with Crippen molar-refractivity contribution in [3.63, 3.8) is 0 Å². The maximum absolute atomic E-state index is 14.1. The first kappa shape index (κ1) is 41.8. The number of allylic oxidation sites excluding steroid dienone is 3. The van der Waals surface area contributed by atoms with E-state index in [-0.39, 0.29) is 30.2 Å². The Kier molecular flexibility index (Phi) is 14.0. The van der Waals surface area contributed by atoms with E-state index >= 15 is 0 Å². The number of fused-ring (bicyclic) bond motifs is 5. The van der Waals surface area contributed by atoms with Crippen LogP contribution in [0.2, 0.25) is 5.02 Å². The summed E-state index contributed by atoms with van der Waals surface area (Å²) in [4.78, 5) is 56.2. The Hall–Kier alpha value is -2.95. The van der Waals surface area contributed by atoms with E-state index in [4.69, 9.17) is 35.3 Å². The minimum atomic E-state index is -1.82. The fraction of sp³-hybridized carbons (Fsp3) is 0.611. The van der Waals surface area contributed by atoms with Gasteiger partial charge in [-0.25, -0.2) is 9.59 Å². The fourth-order valence-electron chi connectivity index (χ4n) is 6.61. The van der Waals surface area contributed by atoms with Gasteiger partial charge in [-0.1, -0.05) is 63.9 Å². The van der Waals surface area contributed by atoms with Crippen LogP contribution >= 0.6 is 33.2 Å². The molecule has 2 fully saturated rings. The van der Waals surface area contributed by atoms with Crippen LogP contribution in [0.4, 0.5) is 10.5 Å². The number of hydrogen-bond donors (Lipinski definition) is 2. The van der Waals surface area contributed by atoms with E-state index in [0.29, 0.717) is 23.6 Å². The number of carbonyl (C=O) groups excluding carboxylic acids is 4. The normalized spacial score (nSPS) is 31.6. The van der Waals surface area contributed by atoms with Gasteiger partial charge in [-0.05, 0) is 51.1 Å². The number of carbonyl (C=O) groups is 4. The number of amides is 3. The largest absolute Gasteiger partial charge is 0.495 e. The number of aliphatic hydroxyl groups is 1. The second kappa shape index (κ2) is 17.5. The summed E-state index contributed by atoms with van der Waals surface area (Å²) in [6.45, 7) is 7.02. The second-order valence-corrected chi connectivity index (χ2v) is 16.7. The first-order chi connectivity index (χ1) is 24.5. The van der Waals surface area contributed by atoms with Gasteiger partial charge in [0.1, 0.15) is 40.7 Å². The number of epoxide rings is 1. The lowest BCUT2D eigenvalue weighted by Crippen LogP contribution is -2.63. The highest BCUT2D eigenvalue weighted by molar-refractivity contribution is 8.76. The Morgan fingerprint density at radius 3 is 2.63 bits per heavy atom. The van der Waals surface area contributed by atoms with E-state index in [1.54, 1.807) is 73.7 Å². The lowest BCUT2D eigenvalue weighted by atomic mass is 9.83. The highest BCUT2D eigenvalue weighted by Gasteiger charge is 2.64. The molecule has 13 nitrogen and oxygen atoms in total. The highest BCUT2D eigenvalue weighted by atomic mass is 35.5. The zero-order chi connectivity index (χ0) is 38.5. The number of alkyl carbamates (subject to hydrolysis) is 1. The summed E-state index contributed by atoms with van der Waals surface area (Å²) >= 11 is 6.75. The predicted octanol–water partition coefficient (Wildman–Crippen LogP) is 4.92. The van der Waals surface area contributed by atoms with Crippen LogP contribution in [0.1, 0.15) is 52.5 Å². The first-order valence-electron chi connectivity index (χ1n) is 17.0. The average molecular weight is 784 g/mol. The van der Waals surface area contributed by atoms with Crippen molar-refractivity contribution in [2.75, 3.05) is 45.2 Å². The summed E-state index contributed by atoms with van der Waals surface area (Å²) in [5.41, 5.74) is -0.884. The van der Waals surface area contributed by atoms with Crippen LogP contribution in [0.3, 0.4) is 0 Å². The molecule has 2 saturated heterocycles. The molecule has 1 aromatic carbocycles. The number of likely N-dealkylation sites (N-methyl/N-ethyl adjacent to an activating group) is 1. The van der Waals surface area contributed by atoms with Gasteiger partial charge in [0.05, 0.1) is 25.3 Å². The van der Waals surface area contributed by atoms with Gasteiger partial charge in [0.15, 0.2) is 5.72 Å². The van der Waals surface area contributed by atoms with Crippen molar-refractivity contribution in [1.29, 1.82) is 0 Å². The van der Waals surface area contributed by atoms with Crippen molar-refractivity contribution in [3.8, 4) is 5.75 Å². The van der Waals surface area contributed by atoms with Crippen molar-refractivity contribution >= 4 is 62.8 Å². The van der Waals surface area contributed by atoms with Crippen molar-refractivity contribution in [2.24, 2.45) is 5.92 Å². The lowest BCUT2D eigenvalue weighted by Gasteiger charge is -2.42. The zero-order valence-corrected chi connectivity index (χ0v) is 33.5. The van der Waals surface area contributed by atoms with Gasteiger partial charge in [0.2, 0.25) is 11.8 Å². The molecule has 3 aliphatic rings. The zero-order valence-electron chi connectivity index (χ0n) is 31.1. The van der Waals surface area contributed by atoms with Gasteiger partial charge in [-0.15, -0.1) is 0 Å². The number of ether oxygens (including phenoxy) is 5. The number of anilines is 1. The molecule has 0 spiro atoms. The number of halogens is 1. The van der Waals surface area contributed by atoms with Crippen molar-refractivity contribution in [1.82, 2.24) is 10.2 Å². The molecule has 4 rings (SSSR count). The van der Waals surface area contributed by atoms with Gasteiger partial charge in [-0.3, -0.25) is 14.9 Å². The number of esters is 1. The van der Waals surface area contributed by atoms with Crippen molar-refractivity contribution in [3.05, 3.63) is 46.5 Å². The Morgan fingerprint density at radius 1 is 1.27 bits per heavy atom. The molecule has 16 heteroatoms. The number of nitrogens with zero attached hydrogens (tertiary/aromatic N) is 2. The molecule has 3 amide bonds. The van der Waals surface area contributed by atoms with Gasteiger partial charge >= 0.3 is 12.1 Å². The summed E-state index contributed by atoms with van der Waals surface area (Å²) in [7, 11) is 9.14. The molecule has 2 N–H and O–H groups in total. The van der Waals surface area contributed by atoms with Gasteiger partial charge in [-0.2, -0.15) is 0 Å². The summed E-state index contributed by atoms with van der Waals surface area (Å²) in [5, 5.41) is 14.5. The molecular weight excluding hydrogens is 734 g/mol. The van der Waals surface area contributed by atoms with E-state index in [1.807, 2.05) is 19.3 Å². The number of rotatable bonds is 9. The summed E-state index contributed by atoms with van der Waals surface area (Å²) in [6.07, 6.45) is 3.17. The van der Waals surface area contributed by atoms with E-state index in [2.05, 4.69) is 5.32 Å². The smallest absolute Gasteiger partial charge is 0.409 e. The van der Waals surface area contributed by atoms with Crippen molar-refractivity contribution in [2.45, 2.75) is 95.2 Å². The molecule has 0 aliphatic carbocycles. The van der Waals surface area contributed by atoms with Crippen LogP contribution in [0.5, 0.6) is 5.75 Å². The SMILES string of the molecule is COc1cc2cc(c1Cl)N(C)C(=O)C[C@@H](OC(=O)[C@H](C)N(C)C(=O)CCSSC)[C@]1(C)O[C@@H]1[C@@H](C)[C@@H]1C[C@@](O)(NC(=O)O1)[C@H](OC)/C=C/C=C(/C)C2. The molecule has 3 aliphatic heterocycles. The molecule has 8 atom stereocenters. The van der Waals surface area contributed by atoms with Crippen LogP contribution in [0.15, 0.2) is 35.9 Å². The Bertz CT molecular complexity index is 1580. The molecule has 0 aromatic heterocycles. The van der Waals surface area contributed by atoms with E-state index < -0.39 is 65.7 Å². The molecular formula is C36H50ClN3O10S2. The maximum atomic E-state index is 14.1. The van der Waals surface area contributed by atoms with E-state index in [9.17, 15) is 24.3 Å². The second-order valence-electron chi connectivity index (χ2n) is 13.6. The number of benzene rings is 1. The quantitative estimate of drug-likeness (QED) is 0.151. The third-order valence-electron chi connectivity index (χ3n) is 10.0. The predicted molar refractivity (Wildman–Crippen MR) is 202 cm³/mol. The minimum Gasteiger partial charge on any atom is -0.495 e. The molecule has 288 valence electrons. The van der Waals surface area contributed by atoms with Gasteiger partial charge in [0.25, 0.3) is 0 Å². The Labute approximate surface area is 318 Å². The minimum absolute atomic E-state index is 0.0452. The van der Waals surface area contributed by atoms with Crippen molar-refractivity contribution < 1.29 is 48.0 Å². The van der Waals surface area contributed by atoms with E-state index in [0.717, 1.165) is 11.1 Å². The standard InChI is InChI=1S/C36H50ClN3O10S2/c1-20-11-10-12-27(47-8)36(45)19-26(48-34(44)38-36)21(2)32-35(4,50-32)28(49-33(43)22(3)39(5)29(41)13-14-52-51-9)18-30(42)40(6)24-16-23(15-20)17-25(46-7)31(24)37/h10-12,16-17,21-22,26-28,32,45H,13-15,18-19H2,1-9H3,(H,38,44)/b12-10+,20-11-/t21-,22-,26-,27+,28+,32+,35-,36-/m0/s1. The highest BCUT2D eigenvalue weighted by Crippen LogP contribution is 2.49. The third kappa shape index (κ3) is 9.40. The van der Waals surface area contributed by atoms with Gasteiger partial charge in [0, 0.05) is 45.7 Å². The van der Waals surface area contributed by atoms with Crippen LogP contribution in [0.25, 0.3) is 0 Å². The third-order valence-corrected chi connectivity index (χ3v) is 12.2. The molecule has 4 bridgehead atoms.